The summed E-state index contributed by atoms with van der Waals surface area (Å²) in [7, 11) is 1.58. The van der Waals surface area contributed by atoms with Crippen LogP contribution in [0.1, 0.15) is 0 Å². The summed E-state index contributed by atoms with van der Waals surface area (Å²) in [5.41, 5.74) is 0. The third kappa shape index (κ3) is 6.76. The second kappa shape index (κ2) is 6.98. The smallest absolute Gasteiger partial charge is 0.0975 e. The van der Waals surface area contributed by atoms with Gasteiger partial charge in [0.15, 0.2) is 0 Å². The molecule has 0 saturated heterocycles. The predicted molar refractivity (Wildman–Crippen MR) is 52.3 cm³/mol. The van der Waals surface area contributed by atoms with Gasteiger partial charge in [0, 0.05) is 11.5 Å². The minimum atomic E-state index is 0.373. The number of methoxy groups -OCH3 is 1. The number of hydrogen-bond donors (Lipinski definition) is 2. The first-order valence-corrected chi connectivity index (χ1v) is 5.19. The second-order valence-corrected chi connectivity index (χ2v) is 3.78. The number of rotatable bonds is 4. The highest BCUT2D eigenvalue weighted by molar-refractivity contribution is 14.1. The molecule has 1 N–H and O–H groups in total. The molecule has 0 aliphatic carbocycles. The largest absolute Gasteiger partial charge is 0.377 e. The molecule has 0 aliphatic rings. The molecule has 0 aromatic rings. The van der Waals surface area contributed by atoms with Crippen molar-refractivity contribution >= 4 is 39.0 Å². The lowest BCUT2D eigenvalue weighted by Crippen LogP contribution is -2.03. The van der Waals surface area contributed by atoms with Gasteiger partial charge in [-0.1, -0.05) is 22.6 Å². The Balaban J connectivity index is 3.30. The summed E-state index contributed by atoms with van der Waals surface area (Å²) >= 11 is 3.27. The van der Waals surface area contributed by atoms with Crippen LogP contribution in [-0.2, 0) is 4.74 Å². The minimum absolute atomic E-state index is 0.373. The molecule has 0 fully saturated rings. The predicted octanol–water partition coefficient (Wildman–Crippen LogP) is 1.22. The van der Waals surface area contributed by atoms with Crippen molar-refractivity contribution in [3.8, 4) is 0 Å². The maximum absolute atomic E-state index is 8.96. The van der Waals surface area contributed by atoms with E-state index < -0.39 is 0 Å². The molecular formula is C5H11IO2S. The molecule has 4 heteroatoms. The lowest BCUT2D eigenvalue weighted by Gasteiger charge is -1.95. The SMILES string of the molecule is COCC(O)=[SH]CCI. The van der Waals surface area contributed by atoms with Crippen molar-refractivity contribution in [1.82, 2.24) is 0 Å². The molecule has 0 aromatic heterocycles. The third-order valence-corrected chi connectivity index (χ3v) is 2.99. The molecule has 0 amide bonds. The van der Waals surface area contributed by atoms with Crippen molar-refractivity contribution < 1.29 is 9.84 Å². The van der Waals surface area contributed by atoms with Crippen molar-refractivity contribution in [3.05, 3.63) is 0 Å². The van der Waals surface area contributed by atoms with Crippen LogP contribution in [0.5, 0.6) is 0 Å². The fourth-order valence-electron chi connectivity index (χ4n) is 0.346. The third-order valence-electron chi connectivity index (χ3n) is 0.652. The highest BCUT2D eigenvalue weighted by Crippen LogP contribution is 1.92. The van der Waals surface area contributed by atoms with Crippen molar-refractivity contribution in [2.24, 2.45) is 0 Å². The molecule has 0 bridgehead atoms. The van der Waals surface area contributed by atoms with E-state index in [9.17, 15) is 0 Å². The van der Waals surface area contributed by atoms with Crippen LogP contribution in [-0.4, -0.2) is 34.1 Å². The summed E-state index contributed by atoms with van der Waals surface area (Å²) in [6.07, 6.45) is 0. The Kier molecular flexibility index (Phi) is 7.66. The standard InChI is InChI=1S/C5H11IO2S/c1-8-4-5(7)9-3-2-6/h7,9H,2-4H2,1H3. The Morgan fingerprint density at radius 2 is 2.44 bits per heavy atom. The molecule has 0 unspecified atom stereocenters. The molecule has 0 aliphatic heterocycles. The summed E-state index contributed by atoms with van der Waals surface area (Å²) in [4.78, 5) is 0. The lowest BCUT2D eigenvalue weighted by atomic mass is 10.8. The van der Waals surface area contributed by atoms with E-state index in [0.29, 0.717) is 11.7 Å². The van der Waals surface area contributed by atoms with Crippen LogP contribution < -0.4 is 0 Å². The maximum atomic E-state index is 8.96. The van der Waals surface area contributed by atoms with Crippen LogP contribution in [0, 0.1) is 0 Å². The highest BCUT2D eigenvalue weighted by atomic mass is 127. The van der Waals surface area contributed by atoms with Crippen LogP contribution in [0.25, 0.3) is 0 Å². The molecule has 56 valence electrons. The van der Waals surface area contributed by atoms with Crippen LogP contribution in [0.15, 0.2) is 0 Å². The maximum Gasteiger partial charge on any atom is 0.0975 e. The van der Waals surface area contributed by atoms with Crippen molar-refractivity contribution in [3.63, 3.8) is 0 Å². The average molecular weight is 262 g/mol. The van der Waals surface area contributed by atoms with Gasteiger partial charge in [0.2, 0.25) is 0 Å². The van der Waals surface area contributed by atoms with Crippen LogP contribution in [0.2, 0.25) is 0 Å². The van der Waals surface area contributed by atoms with E-state index in [1.165, 1.54) is 0 Å². The zero-order valence-electron chi connectivity index (χ0n) is 5.30. The number of alkyl halides is 1. The summed E-state index contributed by atoms with van der Waals surface area (Å²) < 4.78 is 5.78. The van der Waals surface area contributed by atoms with E-state index in [1.807, 2.05) is 0 Å². The van der Waals surface area contributed by atoms with E-state index in [-0.39, 0.29) is 0 Å². The van der Waals surface area contributed by atoms with Crippen molar-refractivity contribution in [2.45, 2.75) is 0 Å². The summed E-state index contributed by atoms with van der Waals surface area (Å²) in [6.45, 7) is 0.373. The van der Waals surface area contributed by atoms with Gasteiger partial charge >= 0.3 is 0 Å². The van der Waals surface area contributed by atoms with Crippen LogP contribution >= 0.6 is 33.9 Å². The number of thiol groups is 1. The normalized spacial score (nSPS) is 13.0. The first-order chi connectivity index (χ1) is 4.31. The number of hydrogen-bond acceptors (Lipinski definition) is 1. The van der Waals surface area contributed by atoms with Crippen LogP contribution in [0.4, 0.5) is 0 Å². The van der Waals surface area contributed by atoms with Crippen molar-refractivity contribution in [1.29, 1.82) is 0 Å². The van der Waals surface area contributed by atoms with E-state index >= 15 is 0 Å². The van der Waals surface area contributed by atoms with Gasteiger partial charge in [-0.2, -0.15) is 11.4 Å². The molecule has 0 saturated carbocycles. The molecule has 0 rings (SSSR count). The monoisotopic (exact) mass is 262 g/mol. The Morgan fingerprint density at radius 1 is 1.78 bits per heavy atom. The summed E-state index contributed by atoms with van der Waals surface area (Å²) in [5, 5.41) is 9.38. The van der Waals surface area contributed by atoms with E-state index in [0.717, 1.165) is 21.5 Å². The van der Waals surface area contributed by atoms with E-state index in [4.69, 9.17) is 9.84 Å². The zero-order chi connectivity index (χ0) is 7.11. The molecule has 0 aromatic carbocycles. The van der Waals surface area contributed by atoms with Gasteiger partial charge in [0.05, 0.1) is 11.7 Å². The molecule has 2 nitrogen and oxygen atoms in total. The topological polar surface area (TPSA) is 29.5 Å². The first-order valence-electron chi connectivity index (χ1n) is 2.58. The quantitative estimate of drug-likeness (QED) is 0.345. The van der Waals surface area contributed by atoms with Gasteiger partial charge in [0.1, 0.15) is 0 Å². The Bertz CT molecular complexity index is 95.0. The number of halogens is 1. The van der Waals surface area contributed by atoms with Gasteiger partial charge in [-0.05, 0) is 5.75 Å². The Labute approximate surface area is 72.7 Å². The van der Waals surface area contributed by atoms with E-state index in [1.54, 1.807) is 7.11 Å². The Hall–Kier alpha value is 0.870. The molecular weight excluding hydrogens is 251 g/mol. The number of aliphatic hydroxyl groups is 1. The summed E-state index contributed by atoms with van der Waals surface area (Å²) in [5.74, 6) is 1.01. The lowest BCUT2D eigenvalue weighted by molar-refractivity contribution is 0.232. The van der Waals surface area contributed by atoms with Crippen LogP contribution in [0.3, 0.4) is 0 Å². The van der Waals surface area contributed by atoms with Gasteiger partial charge in [-0.25, -0.2) is 0 Å². The Morgan fingerprint density at radius 3 is 2.89 bits per heavy atom. The molecule has 0 spiro atoms. The molecule has 9 heavy (non-hydrogen) atoms. The van der Waals surface area contributed by atoms with Gasteiger partial charge in [0.25, 0.3) is 0 Å². The minimum Gasteiger partial charge on any atom is -0.377 e. The van der Waals surface area contributed by atoms with Crippen molar-refractivity contribution in [2.75, 3.05) is 23.9 Å². The number of ether oxygens (including phenoxy) is 1. The molecule has 0 radical (unpaired) electrons. The first kappa shape index (κ1) is 9.87. The highest BCUT2D eigenvalue weighted by Gasteiger charge is 1.86. The van der Waals surface area contributed by atoms with Gasteiger partial charge < -0.3 is 9.84 Å². The van der Waals surface area contributed by atoms with Gasteiger partial charge in [-0.3, -0.25) is 0 Å². The molecule has 0 heterocycles. The van der Waals surface area contributed by atoms with E-state index in [2.05, 4.69) is 22.6 Å². The fraction of sp³-hybridized carbons (Fsp3) is 0.800. The molecule has 0 atom stereocenters. The zero-order valence-corrected chi connectivity index (χ0v) is 8.35. The van der Waals surface area contributed by atoms with Gasteiger partial charge in [-0.15, -0.1) is 0 Å². The second-order valence-electron chi connectivity index (χ2n) is 1.42. The average Bonchev–Trinajstić information content (AvgIpc) is 1.85. The number of aliphatic hydroxyl groups excluding tert-OH is 1. The summed E-state index contributed by atoms with van der Waals surface area (Å²) in [6, 6.07) is 0. The fourth-order valence-corrected chi connectivity index (χ4v) is 1.63.